The molecule has 0 N–H and O–H groups in total. The van der Waals surface area contributed by atoms with E-state index >= 15 is 0 Å². The second-order valence-electron chi connectivity index (χ2n) is 2.93. The summed E-state index contributed by atoms with van der Waals surface area (Å²) in [6.07, 6.45) is 2.64. The van der Waals surface area contributed by atoms with Crippen LogP contribution in [0.4, 0.5) is 5.69 Å². The van der Waals surface area contributed by atoms with E-state index in [9.17, 15) is 0 Å². The van der Waals surface area contributed by atoms with E-state index in [0.29, 0.717) is 6.61 Å². The molecule has 13 heavy (non-hydrogen) atoms. The van der Waals surface area contributed by atoms with Crippen LogP contribution < -0.4 is 4.74 Å². The number of nitrogens with zero attached hydrogens (tertiary/aromatic N) is 1. The minimum atomic E-state index is 0.586. The first-order chi connectivity index (χ1) is 6.40. The van der Waals surface area contributed by atoms with Gasteiger partial charge in [0.25, 0.3) is 0 Å². The third-order valence-corrected chi connectivity index (χ3v) is 1.92. The normalized spacial score (nSPS) is 14.0. The molecular weight excluding hydrogens is 162 g/mol. The zero-order chi connectivity index (χ0) is 9.10. The predicted octanol–water partition coefficient (Wildman–Crippen LogP) is 2.73. The summed E-state index contributed by atoms with van der Waals surface area (Å²) in [6, 6.07) is 7.80. The van der Waals surface area contributed by atoms with Crippen molar-refractivity contribution < 1.29 is 4.74 Å². The van der Waals surface area contributed by atoms with Crippen molar-refractivity contribution in [2.45, 2.75) is 6.42 Å². The standard InChI is InChI=1S/C11H11NO/c1-2-5-9-8-13-11-7-4-3-6-10(11)12-9/h2-4,6-7H,1,5,8H2. The Morgan fingerprint density at radius 1 is 1.46 bits per heavy atom. The Hall–Kier alpha value is -1.57. The van der Waals surface area contributed by atoms with Gasteiger partial charge in [0.05, 0.1) is 5.71 Å². The Kier molecular flexibility index (Phi) is 2.13. The maximum absolute atomic E-state index is 5.51. The average molecular weight is 173 g/mol. The lowest BCUT2D eigenvalue weighted by Crippen LogP contribution is -2.13. The van der Waals surface area contributed by atoms with E-state index in [0.717, 1.165) is 23.6 Å². The van der Waals surface area contributed by atoms with Gasteiger partial charge in [-0.1, -0.05) is 18.2 Å². The molecule has 0 atom stereocenters. The Balaban J connectivity index is 2.32. The van der Waals surface area contributed by atoms with Crippen molar-refractivity contribution in [3.8, 4) is 5.75 Å². The zero-order valence-electron chi connectivity index (χ0n) is 7.36. The third kappa shape index (κ3) is 1.61. The van der Waals surface area contributed by atoms with Gasteiger partial charge in [-0.15, -0.1) is 6.58 Å². The van der Waals surface area contributed by atoms with Gasteiger partial charge >= 0.3 is 0 Å². The Bertz CT molecular complexity index is 355. The number of aliphatic imine (C=N–C) groups is 1. The Morgan fingerprint density at radius 3 is 3.15 bits per heavy atom. The van der Waals surface area contributed by atoms with Crippen molar-refractivity contribution in [1.82, 2.24) is 0 Å². The van der Waals surface area contributed by atoms with E-state index in [4.69, 9.17) is 4.74 Å². The quantitative estimate of drug-likeness (QED) is 0.630. The highest BCUT2D eigenvalue weighted by atomic mass is 16.5. The van der Waals surface area contributed by atoms with Gasteiger partial charge in [-0.05, 0) is 12.1 Å². The molecule has 0 amide bonds. The van der Waals surface area contributed by atoms with E-state index in [-0.39, 0.29) is 0 Å². The van der Waals surface area contributed by atoms with E-state index in [2.05, 4.69) is 11.6 Å². The number of hydrogen-bond acceptors (Lipinski definition) is 2. The second-order valence-corrected chi connectivity index (χ2v) is 2.93. The summed E-state index contributed by atoms with van der Waals surface area (Å²) >= 11 is 0. The van der Waals surface area contributed by atoms with Crippen LogP contribution >= 0.6 is 0 Å². The largest absolute Gasteiger partial charge is 0.485 e. The van der Waals surface area contributed by atoms with Crippen molar-refractivity contribution in [2.75, 3.05) is 6.61 Å². The minimum Gasteiger partial charge on any atom is -0.485 e. The molecule has 1 aliphatic heterocycles. The molecule has 66 valence electrons. The summed E-state index contributed by atoms with van der Waals surface area (Å²) < 4.78 is 5.51. The molecule has 2 heteroatoms. The molecule has 2 nitrogen and oxygen atoms in total. The van der Waals surface area contributed by atoms with Crippen LogP contribution in [0.15, 0.2) is 41.9 Å². The molecule has 0 saturated heterocycles. The van der Waals surface area contributed by atoms with Crippen molar-refractivity contribution in [3.63, 3.8) is 0 Å². The van der Waals surface area contributed by atoms with Crippen LogP contribution in [0.25, 0.3) is 0 Å². The molecule has 0 radical (unpaired) electrons. The summed E-state index contributed by atoms with van der Waals surface area (Å²) in [5.74, 6) is 0.871. The Morgan fingerprint density at radius 2 is 2.31 bits per heavy atom. The highest BCUT2D eigenvalue weighted by molar-refractivity contribution is 5.91. The van der Waals surface area contributed by atoms with Crippen LogP contribution in [0.2, 0.25) is 0 Å². The third-order valence-electron chi connectivity index (χ3n) is 1.92. The minimum absolute atomic E-state index is 0.586. The van der Waals surface area contributed by atoms with Crippen LogP contribution in [0.5, 0.6) is 5.75 Å². The SMILES string of the molecule is C=CCC1=Nc2ccccc2OC1. The van der Waals surface area contributed by atoms with Crippen LogP contribution in [-0.4, -0.2) is 12.3 Å². The fourth-order valence-corrected chi connectivity index (χ4v) is 1.31. The van der Waals surface area contributed by atoms with Crippen molar-refractivity contribution >= 4 is 11.4 Å². The zero-order valence-corrected chi connectivity index (χ0v) is 7.36. The fraction of sp³-hybridized carbons (Fsp3) is 0.182. The first kappa shape index (κ1) is 8.05. The number of para-hydroxylation sites is 2. The number of ether oxygens (including phenoxy) is 1. The lowest BCUT2D eigenvalue weighted by Gasteiger charge is -2.15. The smallest absolute Gasteiger partial charge is 0.145 e. The van der Waals surface area contributed by atoms with Gasteiger partial charge < -0.3 is 4.74 Å². The molecule has 1 aromatic rings. The number of rotatable bonds is 2. The fourth-order valence-electron chi connectivity index (χ4n) is 1.31. The lowest BCUT2D eigenvalue weighted by atomic mass is 10.2. The number of benzene rings is 1. The molecule has 0 aromatic heterocycles. The number of fused-ring (bicyclic) bond motifs is 1. The van der Waals surface area contributed by atoms with Crippen LogP contribution in [0, 0.1) is 0 Å². The van der Waals surface area contributed by atoms with Crippen molar-refractivity contribution in [3.05, 3.63) is 36.9 Å². The molecule has 0 fully saturated rings. The number of hydrogen-bond donors (Lipinski definition) is 0. The summed E-state index contributed by atoms with van der Waals surface area (Å²) in [7, 11) is 0. The highest BCUT2D eigenvalue weighted by Crippen LogP contribution is 2.30. The van der Waals surface area contributed by atoms with Crippen LogP contribution in [0.1, 0.15) is 6.42 Å². The molecule has 0 spiro atoms. The van der Waals surface area contributed by atoms with Gasteiger partial charge in [-0.2, -0.15) is 0 Å². The first-order valence-electron chi connectivity index (χ1n) is 4.29. The van der Waals surface area contributed by atoms with Gasteiger partial charge in [0, 0.05) is 6.42 Å². The molecule has 0 bridgehead atoms. The summed E-state index contributed by atoms with van der Waals surface area (Å²) in [5, 5.41) is 0. The first-order valence-corrected chi connectivity index (χ1v) is 4.29. The summed E-state index contributed by atoms with van der Waals surface area (Å²) in [5.41, 5.74) is 1.96. The van der Waals surface area contributed by atoms with Gasteiger partial charge in [0.1, 0.15) is 18.0 Å². The molecule has 1 aromatic carbocycles. The van der Waals surface area contributed by atoms with Gasteiger partial charge in [0.15, 0.2) is 0 Å². The molecular formula is C11H11NO. The van der Waals surface area contributed by atoms with Gasteiger partial charge in [0.2, 0.25) is 0 Å². The molecule has 0 aliphatic carbocycles. The highest BCUT2D eigenvalue weighted by Gasteiger charge is 2.10. The lowest BCUT2D eigenvalue weighted by molar-refractivity contribution is 0.370. The maximum Gasteiger partial charge on any atom is 0.145 e. The van der Waals surface area contributed by atoms with Crippen LogP contribution in [0.3, 0.4) is 0 Å². The molecule has 1 aliphatic rings. The van der Waals surface area contributed by atoms with E-state index < -0.39 is 0 Å². The predicted molar refractivity (Wildman–Crippen MR) is 53.8 cm³/mol. The second kappa shape index (κ2) is 3.44. The van der Waals surface area contributed by atoms with E-state index in [1.807, 2.05) is 30.3 Å². The summed E-state index contributed by atoms with van der Waals surface area (Å²) in [4.78, 5) is 4.46. The number of allylic oxidation sites excluding steroid dienone is 1. The topological polar surface area (TPSA) is 21.6 Å². The molecule has 0 saturated carbocycles. The summed E-state index contributed by atoms with van der Waals surface area (Å²) in [6.45, 7) is 4.26. The molecule has 2 rings (SSSR count). The maximum atomic E-state index is 5.51. The van der Waals surface area contributed by atoms with E-state index in [1.54, 1.807) is 0 Å². The van der Waals surface area contributed by atoms with Crippen molar-refractivity contribution in [2.24, 2.45) is 4.99 Å². The van der Waals surface area contributed by atoms with Crippen molar-refractivity contribution in [1.29, 1.82) is 0 Å². The van der Waals surface area contributed by atoms with Crippen LogP contribution in [-0.2, 0) is 0 Å². The molecule has 0 unspecified atom stereocenters. The van der Waals surface area contributed by atoms with Gasteiger partial charge in [-0.3, -0.25) is 4.99 Å². The Labute approximate surface area is 77.6 Å². The molecule has 1 heterocycles. The monoisotopic (exact) mass is 173 g/mol. The van der Waals surface area contributed by atoms with E-state index in [1.165, 1.54) is 0 Å². The van der Waals surface area contributed by atoms with Gasteiger partial charge in [-0.25, -0.2) is 0 Å². The average Bonchev–Trinajstić information content (AvgIpc) is 2.18.